The van der Waals surface area contributed by atoms with Gasteiger partial charge in [-0.1, -0.05) is 37.3 Å². The third-order valence-corrected chi connectivity index (χ3v) is 8.26. The van der Waals surface area contributed by atoms with Gasteiger partial charge in [-0.15, -0.1) is 0 Å². The largest absolute Gasteiger partial charge is 0.350 e. The molecule has 1 saturated heterocycles. The highest BCUT2D eigenvalue weighted by atomic mass is 32.2. The number of carbonyl (C=O) groups excluding carboxylic acids is 1. The van der Waals surface area contributed by atoms with Crippen LogP contribution in [0.4, 0.5) is 0 Å². The second-order valence-corrected chi connectivity index (χ2v) is 11.2. The second kappa shape index (κ2) is 10.1. The summed E-state index contributed by atoms with van der Waals surface area (Å²) in [7, 11) is -3.69. The molecule has 0 radical (unpaired) electrons. The van der Waals surface area contributed by atoms with E-state index < -0.39 is 21.5 Å². The van der Waals surface area contributed by atoms with Crippen molar-refractivity contribution in [3.05, 3.63) is 76.1 Å². The maximum atomic E-state index is 13.3. The Balaban J connectivity index is 1.59. The van der Waals surface area contributed by atoms with Crippen molar-refractivity contribution in [2.75, 3.05) is 13.1 Å². The van der Waals surface area contributed by atoms with E-state index in [0.29, 0.717) is 29.9 Å². The Morgan fingerprint density at radius 3 is 2.68 bits per heavy atom. The van der Waals surface area contributed by atoms with Crippen molar-refractivity contribution in [1.29, 1.82) is 0 Å². The summed E-state index contributed by atoms with van der Waals surface area (Å²) in [5.74, 6) is -0.0862. The van der Waals surface area contributed by atoms with Crippen molar-refractivity contribution in [3.8, 4) is 0 Å². The second-order valence-electron chi connectivity index (χ2n) is 9.26. The summed E-state index contributed by atoms with van der Waals surface area (Å²) >= 11 is 0. The molecule has 1 aliphatic heterocycles. The lowest BCUT2D eigenvalue weighted by molar-refractivity contribution is 0.0940. The summed E-state index contributed by atoms with van der Waals surface area (Å²) in [5.41, 5.74) is 1.39. The average Bonchev–Trinajstić information content (AvgIpc) is 2.82. The minimum absolute atomic E-state index is 0.121. The zero-order valence-corrected chi connectivity index (χ0v) is 20.4. The number of H-pyrrole nitrogens is 1. The molecule has 8 heteroatoms. The molecule has 2 aromatic carbocycles. The van der Waals surface area contributed by atoms with Gasteiger partial charge in [0.05, 0.1) is 10.5 Å². The number of hydrogen-bond donors (Lipinski definition) is 2. The molecule has 180 valence electrons. The molecule has 2 unspecified atom stereocenters. The summed E-state index contributed by atoms with van der Waals surface area (Å²) in [4.78, 5) is 28.2. The van der Waals surface area contributed by atoms with Gasteiger partial charge in [-0.3, -0.25) is 9.59 Å². The van der Waals surface area contributed by atoms with Gasteiger partial charge >= 0.3 is 0 Å². The molecule has 1 fully saturated rings. The van der Waals surface area contributed by atoms with Gasteiger partial charge in [-0.2, -0.15) is 4.31 Å². The number of amides is 1. The molecule has 1 amide bonds. The van der Waals surface area contributed by atoms with E-state index in [-0.39, 0.29) is 16.5 Å². The van der Waals surface area contributed by atoms with Crippen LogP contribution in [-0.4, -0.2) is 42.7 Å². The number of pyridine rings is 1. The number of aromatic nitrogens is 1. The monoisotopic (exact) mass is 481 g/mol. The molecular weight excluding hydrogens is 450 g/mol. The number of nitrogens with zero attached hydrogens (tertiary/aromatic N) is 1. The first-order valence-electron chi connectivity index (χ1n) is 11.8. The smallest absolute Gasteiger partial charge is 0.252 e. The first-order valence-corrected chi connectivity index (χ1v) is 13.2. The molecular formula is C26H31N3O4S. The molecule has 0 aliphatic carbocycles. The van der Waals surface area contributed by atoms with Gasteiger partial charge in [-0.25, -0.2) is 8.42 Å². The highest BCUT2D eigenvalue weighted by molar-refractivity contribution is 7.89. The highest BCUT2D eigenvalue weighted by Crippen LogP contribution is 2.26. The number of benzene rings is 2. The van der Waals surface area contributed by atoms with E-state index in [1.165, 1.54) is 28.1 Å². The summed E-state index contributed by atoms with van der Waals surface area (Å²) in [6, 6.07) is 15.7. The maximum absolute atomic E-state index is 13.3. The fourth-order valence-corrected chi connectivity index (χ4v) is 6.12. The summed E-state index contributed by atoms with van der Waals surface area (Å²) in [6.45, 7) is 4.94. The number of fused-ring (bicyclic) bond motifs is 1. The first kappa shape index (κ1) is 24.2. The Morgan fingerprint density at radius 1 is 1.18 bits per heavy atom. The van der Waals surface area contributed by atoms with Crippen LogP contribution in [0.1, 0.15) is 49.0 Å². The van der Waals surface area contributed by atoms with E-state index in [1.807, 2.05) is 44.2 Å². The van der Waals surface area contributed by atoms with E-state index in [0.717, 1.165) is 25.7 Å². The molecule has 34 heavy (non-hydrogen) atoms. The van der Waals surface area contributed by atoms with Crippen LogP contribution < -0.4 is 10.9 Å². The van der Waals surface area contributed by atoms with Crippen LogP contribution in [-0.2, 0) is 16.4 Å². The summed E-state index contributed by atoms with van der Waals surface area (Å²) < 4.78 is 28.1. The molecule has 0 bridgehead atoms. The molecule has 0 saturated carbocycles. The van der Waals surface area contributed by atoms with Crippen LogP contribution in [0.15, 0.2) is 64.3 Å². The molecule has 0 spiro atoms. The van der Waals surface area contributed by atoms with Crippen molar-refractivity contribution >= 4 is 26.8 Å². The minimum Gasteiger partial charge on any atom is -0.350 e. The van der Waals surface area contributed by atoms with E-state index >= 15 is 0 Å². The van der Waals surface area contributed by atoms with Gasteiger partial charge in [0.1, 0.15) is 0 Å². The molecule has 1 aliphatic rings. The molecule has 1 aromatic heterocycles. The van der Waals surface area contributed by atoms with Gasteiger partial charge in [-0.05, 0) is 62.3 Å². The predicted octanol–water partition coefficient (Wildman–Crippen LogP) is 3.70. The number of rotatable bonds is 7. The molecule has 2 N–H and O–H groups in total. The number of nitrogens with one attached hydrogen (secondary N) is 2. The number of sulfonamides is 1. The van der Waals surface area contributed by atoms with Gasteiger partial charge in [0.2, 0.25) is 15.6 Å². The highest BCUT2D eigenvalue weighted by Gasteiger charge is 2.29. The Morgan fingerprint density at radius 2 is 1.94 bits per heavy atom. The number of hydrogen-bond acceptors (Lipinski definition) is 4. The van der Waals surface area contributed by atoms with Crippen LogP contribution in [0.2, 0.25) is 0 Å². The van der Waals surface area contributed by atoms with Crippen molar-refractivity contribution in [2.45, 2.75) is 50.5 Å². The van der Waals surface area contributed by atoms with Crippen LogP contribution in [0.25, 0.3) is 10.9 Å². The number of carbonyl (C=O) groups is 1. The molecule has 2 atom stereocenters. The van der Waals surface area contributed by atoms with Gasteiger partial charge < -0.3 is 10.3 Å². The zero-order valence-electron chi connectivity index (χ0n) is 19.6. The SMILES string of the molecule is CC1CCCN(S(=O)(=O)c2ccc3[nH]c(=O)cc(C(=O)NC(C)CCc4ccccc4)c3c2)C1. The van der Waals surface area contributed by atoms with E-state index in [4.69, 9.17) is 0 Å². The fraction of sp³-hybridized carbons (Fsp3) is 0.385. The van der Waals surface area contributed by atoms with E-state index in [2.05, 4.69) is 10.3 Å². The van der Waals surface area contributed by atoms with Crippen LogP contribution >= 0.6 is 0 Å². The Labute approximate surface area is 200 Å². The predicted molar refractivity (Wildman–Crippen MR) is 133 cm³/mol. The standard InChI is InChI=1S/C26H31N3O4S/c1-18-7-6-14-29(17-18)34(32,33)21-12-13-24-22(15-21)23(16-25(30)28-24)26(31)27-19(2)10-11-20-8-4-3-5-9-20/h3-5,8-9,12-13,15-16,18-19H,6-7,10-11,14,17H2,1-2H3,(H,27,31)(H,28,30). The van der Waals surface area contributed by atoms with Crippen LogP contribution in [0.3, 0.4) is 0 Å². The van der Waals surface area contributed by atoms with Crippen molar-refractivity contribution in [2.24, 2.45) is 5.92 Å². The number of aromatic amines is 1. The Kier molecular flexibility index (Phi) is 7.19. The zero-order chi connectivity index (χ0) is 24.3. The van der Waals surface area contributed by atoms with Crippen molar-refractivity contribution in [1.82, 2.24) is 14.6 Å². The third kappa shape index (κ3) is 5.39. The topological polar surface area (TPSA) is 99.3 Å². The molecule has 7 nitrogen and oxygen atoms in total. The molecule has 4 rings (SSSR count). The van der Waals surface area contributed by atoms with Gasteiger partial charge in [0.25, 0.3) is 5.91 Å². The average molecular weight is 482 g/mol. The molecule has 3 aromatic rings. The van der Waals surface area contributed by atoms with Crippen LogP contribution in [0.5, 0.6) is 0 Å². The summed E-state index contributed by atoms with van der Waals surface area (Å²) in [6.07, 6.45) is 3.40. The normalized spacial score (nSPS) is 18.0. The lowest BCUT2D eigenvalue weighted by Crippen LogP contribution is -2.39. The first-order chi connectivity index (χ1) is 16.2. The maximum Gasteiger partial charge on any atom is 0.252 e. The van der Waals surface area contributed by atoms with E-state index in [9.17, 15) is 18.0 Å². The lowest BCUT2D eigenvalue weighted by Gasteiger charge is -2.30. The molecule has 2 heterocycles. The third-order valence-electron chi connectivity index (χ3n) is 6.40. The summed E-state index contributed by atoms with van der Waals surface area (Å²) in [5, 5.41) is 3.38. The van der Waals surface area contributed by atoms with Crippen molar-refractivity contribution in [3.63, 3.8) is 0 Å². The van der Waals surface area contributed by atoms with Gasteiger partial charge in [0.15, 0.2) is 0 Å². The fourth-order valence-electron chi connectivity index (χ4n) is 4.50. The number of aryl methyl sites for hydroxylation is 1. The Hall–Kier alpha value is -2.97. The van der Waals surface area contributed by atoms with E-state index in [1.54, 1.807) is 6.07 Å². The van der Waals surface area contributed by atoms with Gasteiger partial charge in [0, 0.05) is 36.1 Å². The quantitative estimate of drug-likeness (QED) is 0.537. The number of piperidine rings is 1. The Bertz CT molecular complexity index is 1340. The lowest BCUT2D eigenvalue weighted by atomic mass is 10.0. The van der Waals surface area contributed by atoms with Crippen molar-refractivity contribution < 1.29 is 13.2 Å². The van der Waals surface area contributed by atoms with Crippen LogP contribution in [0, 0.1) is 5.92 Å². The minimum atomic E-state index is -3.69.